The van der Waals surface area contributed by atoms with Crippen molar-refractivity contribution in [3.05, 3.63) is 35.9 Å². The van der Waals surface area contributed by atoms with Gasteiger partial charge in [0.15, 0.2) is 0 Å². The van der Waals surface area contributed by atoms with Gasteiger partial charge in [0.2, 0.25) is 0 Å². The minimum atomic E-state index is -0.459. The van der Waals surface area contributed by atoms with Crippen LogP contribution in [-0.4, -0.2) is 0 Å². The number of hydrogen-bond acceptors (Lipinski definition) is 0. The molecule has 14 heavy (non-hydrogen) atoms. The summed E-state index contributed by atoms with van der Waals surface area (Å²) in [7, 11) is -0.459. The summed E-state index contributed by atoms with van der Waals surface area (Å²) in [5, 5.41) is 0. The molecule has 0 bridgehead atoms. The fourth-order valence-electron chi connectivity index (χ4n) is 1.14. The highest BCUT2D eigenvalue weighted by molar-refractivity contribution is 7.67. The van der Waals surface area contributed by atoms with Gasteiger partial charge in [-0.05, 0) is 19.4 Å². The molecule has 0 amide bonds. The third-order valence-corrected chi connectivity index (χ3v) is 3.35. The lowest BCUT2D eigenvalue weighted by molar-refractivity contribution is 1.41. The van der Waals surface area contributed by atoms with Gasteiger partial charge < -0.3 is 0 Å². The van der Waals surface area contributed by atoms with Gasteiger partial charge in [0, 0.05) is 6.16 Å². The molecule has 0 aliphatic heterocycles. The molecule has 0 aliphatic carbocycles. The highest BCUT2D eigenvalue weighted by Gasteiger charge is 2.01. The van der Waals surface area contributed by atoms with Crippen molar-refractivity contribution >= 4 is 7.92 Å². The Kier molecular flexibility index (Phi) is 4.85. The molecule has 1 aromatic carbocycles. The summed E-state index contributed by atoms with van der Waals surface area (Å²) < 4.78 is 0. The van der Waals surface area contributed by atoms with Crippen molar-refractivity contribution in [1.82, 2.24) is 0 Å². The zero-order chi connectivity index (χ0) is 10.2. The lowest BCUT2D eigenvalue weighted by atomic mass is 10.2. The Bertz CT molecular complexity index is 364. The van der Waals surface area contributed by atoms with Crippen LogP contribution in [0.2, 0.25) is 0 Å². The number of benzene rings is 1. The second-order valence-electron chi connectivity index (χ2n) is 2.80. The average Bonchev–Trinajstić information content (AvgIpc) is 2.20. The van der Waals surface area contributed by atoms with Gasteiger partial charge in [-0.2, -0.15) is 0 Å². The van der Waals surface area contributed by atoms with E-state index in [1.807, 2.05) is 19.9 Å². The van der Waals surface area contributed by atoms with Crippen molar-refractivity contribution < 1.29 is 0 Å². The van der Waals surface area contributed by atoms with Gasteiger partial charge in [0.1, 0.15) is 0 Å². The molecule has 0 spiro atoms. The summed E-state index contributed by atoms with van der Waals surface area (Å²) >= 11 is 0. The number of rotatable bonds is 2. The Labute approximate surface area is 87.5 Å². The summed E-state index contributed by atoms with van der Waals surface area (Å²) in [5.41, 5.74) is 7.67. The van der Waals surface area contributed by atoms with Crippen LogP contribution in [0.5, 0.6) is 0 Å². The molecule has 0 saturated carbocycles. The predicted molar refractivity (Wildman–Crippen MR) is 64.0 cm³/mol. The Morgan fingerprint density at radius 1 is 1.00 bits per heavy atom. The molecule has 1 heteroatoms. The van der Waals surface area contributed by atoms with Gasteiger partial charge in [0.25, 0.3) is 0 Å². The van der Waals surface area contributed by atoms with Gasteiger partial charge in [-0.1, -0.05) is 41.7 Å². The van der Waals surface area contributed by atoms with Crippen LogP contribution < -0.4 is 0 Å². The predicted octanol–water partition coefficient (Wildman–Crippen LogP) is 3.63. The van der Waals surface area contributed by atoms with Crippen molar-refractivity contribution in [2.75, 3.05) is 0 Å². The molecule has 0 atom stereocenters. The summed E-state index contributed by atoms with van der Waals surface area (Å²) in [6.45, 7) is 3.75. The average molecular weight is 200 g/mol. The van der Waals surface area contributed by atoms with E-state index in [1.54, 1.807) is 0 Å². The van der Waals surface area contributed by atoms with Crippen molar-refractivity contribution in [3.63, 3.8) is 0 Å². The summed E-state index contributed by atoms with van der Waals surface area (Å²) in [5.74, 6) is 5.90. The first kappa shape index (κ1) is 10.8. The molecule has 0 aromatic heterocycles. The SMILES string of the molecule is CC#CP(C#CC)Cc1ccccc1. The second-order valence-corrected chi connectivity index (χ2v) is 4.41. The van der Waals surface area contributed by atoms with Crippen LogP contribution in [0.1, 0.15) is 19.4 Å². The fourth-order valence-corrected chi connectivity index (χ4v) is 2.47. The highest BCUT2D eigenvalue weighted by Crippen LogP contribution is 2.36. The molecule has 1 rings (SSSR count). The Hall–Kier alpha value is -1.23. The third-order valence-electron chi connectivity index (χ3n) is 1.68. The minimum Gasteiger partial charge on any atom is -0.101 e. The first-order chi connectivity index (χ1) is 6.86. The molecule has 0 nitrogen and oxygen atoms in total. The first-order valence-electron chi connectivity index (χ1n) is 4.53. The summed E-state index contributed by atoms with van der Waals surface area (Å²) in [6, 6.07) is 10.4. The molecule has 0 fully saturated rings. The molecule has 0 radical (unpaired) electrons. The second kappa shape index (κ2) is 6.26. The molecule has 1 aromatic rings. The smallest absolute Gasteiger partial charge is 0.0545 e. The van der Waals surface area contributed by atoms with Crippen molar-refractivity contribution in [3.8, 4) is 23.2 Å². The normalized spacial score (nSPS) is 8.50. The lowest BCUT2D eigenvalue weighted by Crippen LogP contribution is -1.79. The molecular weight excluding hydrogens is 187 g/mol. The Morgan fingerprint density at radius 2 is 1.57 bits per heavy atom. The fraction of sp³-hybridized carbons (Fsp3) is 0.231. The Balaban J connectivity index is 2.71. The van der Waals surface area contributed by atoms with E-state index in [-0.39, 0.29) is 0 Å². The quantitative estimate of drug-likeness (QED) is 0.505. The molecule has 0 saturated heterocycles. The highest BCUT2D eigenvalue weighted by atomic mass is 31.1. The first-order valence-corrected chi connectivity index (χ1v) is 6.05. The molecule has 0 heterocycles. The largest absolute Gasteiger partial charge is 0.101 e. The summed E-state index contributed by atoms with van der Waals surface area (Å²) in [6.07, 6.45) is 0.984. The van der Waals surface area contributed by atoms with Crippen molar-refractivity contribution in [2.45, 2.75) is 20.0 Å². The molecular formula is C13H13P. The van der Waals surface area contributed by atoms with Crippen molar-refractivity contribution in [1.29, 1.82) is 0 Å². The summed E-state index contributed by atoms with van der Waals surface area (Å²) in [4.78, 5) is 0. The van der Waals surface area contributed by atoms with E-state index in [4.69, 9.17) is 0 Å². The minimum absolute atomic E-state index is 0.459. The maximum absolute atomic E-state index is 3.17. The van der Waals surface area contributed by atoms with E-state index < -0.39 is 7.92 Å². The van der Waals surface area contributed by atoms with Crippen LogP contribution in [0, 0.1) is 23.2 Å². The van der Waals surface area contributed by atoms with E-state index >= 15 is 0 Å². The maximum Gasteiger partial charge on any atom is 0.0545 e. The molecule has 0 aliphatic rings. The molecule has 0 unspecified atom stereocenters. The lowest BCUT2D eigenvalue weighted by Gasteiger charge is -2.02. The maximum atomic E-state index is 3.17. The van der Waals surface area contributed by atoms with Gasteiger partial charge in [-0.3, -0.25) is 0 Å². The van der Waals surface area contributed by atoms with Crippen LogP contribution >= 0.6 is 7.92 Å². The van der Waals surface area contributed by atoms with Crippen LogP contribution in [0.25, 0.3) is 0 Å². The molecule has 0 N–H and O–H groups in total. The zero-order valence-electron chi connectivity index (χ0n) is 8.54. The Morgan fingerprint density at radius 3 is 2.07 bits per heavy atom. The van der Waals surface area contributed by atoms with Crippen LogP contribution in [0.15, 0.2) is 30.3 Å². The van der Waals surface area contributed by atoms with E-state index in [0.29, 0.717) is 0 Å². The molecule has 70 valence electrons. The van der Waals surface area contributed by atoms with E-state index in [2.05, 4.69) is 47.4 Å². The third kappa shape index (κ3) is 3.66. The van der Waals surface area contributed by atoms with Gasteiger partial charge in [0.05, 0.1) is 7.92 Å². The van der Waals surface area contributed by atoms with Gasteiger partial charge in [-0.25, -0.2) is 0 Å². The van der Waals surface area contributed by atoms with Crippen molar-refractivity contribution in [2.24, 2.45) is 0 Å². The zero-order valence-corrected chi connectivity index (χ0v) is 9.44. The van der Waals surface area contributed by atoms with Crippen LogP contribution in [0.3, 0.4) is 0 Å². The van der Waals surface area contributed by atoms with E-state index in [0.717, 1.165) is 6.16 Å². The standard InChI is InChI=1S/C13H13P/c1-3-10-14(11-4-2)12-13-8-6-5-7-9-13/h5-9H,12H2,1-2H3. The monoisotopic (exact) mass is 200 g/mol. The van der Waals surface area contributed by atoms with Crippen LogP contribution in [0.4, 0.5) is 0 Å². The van der Waals surface area contributed by atoms with E-state index in [1.165, 1.54) is 5.56 Å². The van der Waals surface area contributed by atoms with Gasteiger partial charge in [-0.15, -0.1) is 11.8 Å². The van der Waals surface area contributed by atoms with Crippen LogP contribution in [-0.2, 0) is 6.16 Å². The van der Waals surface area contributed by atoms with E-state index in [9.17, 15) is 0 Å². The van der Waals surface area contributed by atoms with Gasteiger partial charge >= 0.3 is 0 Å². The topological polar surface area (TPSA) is 0 Å². The number of hydrogen-bond donors (Lipinski definition) is 0.